The van der Waals surface area contributed by atoms with E-state index in [-0.39, 0.29) is 19.2 Å². The number of amides is 1. The first-order chi connectivity index (χ1) is 12.1. The van der Waals surface area contributed by atoms with Crippen LogP contribution in [0.1, 0.15) is 17.3 Å². The van der Waals surface area contributed by atoms with Gasteiger partial charge < -0.3 is 24.3 Å². The minimum atomic E-state index is -0.819. The Morgan fingerprint density at radius 2 is 1.72 bits per heavy atom. The number of para-hydroxylation sites is 2. The monoisotopic (exact) mass is 341 g/mol. The van der Waals surface area contributed by atoms with E-state index in [9.17, 15) is 9.59 Å². The van der Waals surface area contributed by atoms with E-state index in [2.05, 4.69) is 5.32 Å². The molecule has 2 heterocycles. The average molecular weight is 341 g/mol. The van der Waals surface area contributed by atoms with E-state index in [1.54, 1.807) is 30.3 Å². The van der Waals surface area contributed by atoms with Gasteiger partial charge >= 0.3 is 0 Å². The first kappa shape index (κ1) is 15.3. The molecule has 2 aromatic rings. The molecule has 7 nitrogen and oxygen atoms in total. The summed E-state index contributed by atoms with van der Waals surface area (Å²) in [5.41, 5.74) is 0.693. The molecule has 128 valence electrons. The number of hydrogen-bond acceptors (Lipinski definition) is 6. The van der Waals surface area contributed by atoms with Crippen LogP contribution in [-0.2, 0) is 4.79 Å². The van der Waals surface area contributed by atoms with Crippen molar-refractivity contribution in [2.75, 3.05) is 18.7 Å². The van der Waals surface area contributed by atoms with Gasteiger partial charge in [0.05, 0.1) is 5.69 Å². The maximum absolute atomic E-state index is 12.6. The highest BCUT2D eigenvalue weighted by molar-refractivity contribution is 6.05. The summed E-state index contributed by atoms with van der Waals surface area (Å²) >= 11 is 0. The fraction of sp³-hybridized carbons (Fsp3) is 0.222. The number of hydrogen-bond donors (Lipinski definition) is 1. The molecule has 25 heavy (non-hydrogen) atoms. The highest BCUT2D eigenvalue weighted by atomic mass is 16.7. The first-order valence-electron chi connectivity index (χ1n) is 7.76. The van der Waals surface area contributed by atoms with Crippen LogP contribution in [-0.4, -0.2) is 31.2 Å². The van der Waals surface area contributed by atoms with Gasteiger partial charge in [0, 0.05) is 11.6 Å². The van der Waals surface area contributed by atoms with Gasteiger partial charge in [-0.2, -0.15) is 0 Å². The quantitative estimate of drug-likeness (QED) is 0.863. The number of ketones is 1. The number of fused-ring (bicyclic) bond motifs is 2. The molecule has 1 amide bonds. The number of nitrogens with one attached hydrogen (secondary N) is 1. The Balaban J connectivity index is 1.56. The van der Waals surface area contributed by atoms with Crippen molar-refractivity contribution in [3.8, 4) is 23.0 Å². The van der Waals surface area contributed by atoms with Crippen molar-refractivity contribution in [3.05, 3.63) is 42.0 Å². The molecule has 0 saturated carbocycles. The molecule has 0 unspecified atom stereocenters. The lowest BCUT2D eigenvalue weighted by molar-refractivity contribution is -0.125. The van der Waals surface area contributed by atoms with Crippen molar-refractivity contribution in [1.29, 1.82) is 0 Å². The lowest BCUT2D eigenvalue weighted by atomic mass is 10.1. The molecule has 1 atom stereocenters. The molecular weight excluding hydrogens is 326 g/mol. The fourth-order valence-corrected chi connectivity index (χ4v) is 2.70. The molecule has 4 rings (SSSR count). The Morgan fingerprint density at radius 1 is 1.00 bits per heavy atom. The summed E-state index contributed by atoms with van der Waals surface area (Å²) in [5, 5.41) is 2.72. The minimum Gasteiger partial charge on any atom is -0.485 e. The van der Waals surface area contributed by atoms with Gasteiger partial charge in [0.2, 0.25) is 12.9 Å². The van der Waals surface area contributed by atoms with Gasteiger partial charge in [0.15, 0.2) is 28.8 Å². The number of anilines is 1. The SMILES string of the molecule is CC(=O)c1cc2c(cc1NC(=O)[C@H]1COc3ccccc3O1)OCO2. The van der Waals surface area contributed by atoms with Crippen molar-refractivity contribution >= 4 is 17.4 Å². The molecule has 0 saturated heterocycles. The Morgan fingerprint density at radius 3 is 2.48 bits per heavy atom. The molecular formula is C18H15NO6. The smallest absolute Gasteiger partial charge is 0.269 e. The van der Waals surface area contributed by atoms with Crippen LogP contribution in [0.5, 0.6) is 23.0 Å². The van der Waals surface area contributed by atoms with Gasteiger partial charge in [0.1, 0.15) is 6.61 Å². The van der Waals surface area contributed by atoms with Gasteiger partial charge in [-0.25, -0.2) is 0 Å². The standard InChI is InChI=1S/C18H15NO6/c1-10(20)11-6-15-16(24-9-23-15)7-12(11)19-18(21)17-8-22-13-4-2-3-5-14(13)25-17/h2-7,17H,8-9H2,1H3,(H,19,21)/t17-/m1/s1. The summed E-state index contributed by atoms with van der Waals surface area (Å²) in [6.45, 7) is 1.59. The Kier molecular flexibility index (Phi) is 3.68. The van der Waals surface area contributed by atoms with Gasteiger partial charge in [-0.3, -0.25) is 9.59 Å². The molecule has 2 aliphatic heterocycles. The molecule has 7 heteroatoms. The van der Waals surface area contributed by atoms with E-state index in [0.29, 0.717) is 34.2 Å². The number of carbonyl (C=O) groups excluding carboxylic acids is 2. The van der Waals surface area contributed by atoms with Crippen molar-refractivity contribution in [3.63, 3.8) is 0 Å². The number of Topliss-reactive ketones (excluding diaryl/α,β-unsaturated/α-hetero) is 1. The van der Waals surface area contributed by atoms with Gasteiger partial charge in [-0.05, 0) is 25.1 Å². The number of carbonyl (C=O) groups is 2. The lowest BCUT2D eigenvalue weighted by Crippen LogP contribution is -2.40. The zero-order valence-corrected chi connectivity index (χ0v) is 13.4. The molecule has 1 N–H and O–H groups in total. The summed E-state index contributed by atoms with van der Waals surface area (Å²) in [7, 11) is 0. The van der Waals surface area contributed by atoms with Crippen molar-refractivity contribution < 1.29 is 28.5 Å². The Hall–Kier alpha value is -3.22. The summed E-state index contributed by atoms with van der Waals surface area (Å²) < 4.78 is 21.8. The second kappa shape index (κ2) is 6.01. The molecule has 0 fully saturated rings. The normalized spacial score (nSPS) is 17.1. The number of benzene rings is 2. The molecule has 2 aliphatic rings. The highest BCUT2D eigenvalue weighted by Crippen LogP contribution is 2.37. The van der Waals surface area contributed by atoms with E-state index in [4.69, 9.17) is 18.9 Å². The van der Waals surface area contributed by atoms with Gasteiger partial charge in [0.25, 0.3) is 5.91 Å². The maximum Gasteiger partial charge on any atom is 0.269 e. The van der Waals surface area contributed by atoms with Crippen LogP contribution in [0, 0.1) is 0 Å². The second-order valence-electron chi connectivity index (χ2n) is 5.66. The third-order valence-corrected chi connectivity index (χ3v) is 3.95. The van der Waals surface area contributed by atoms with Crippen LogP contribution in [0.25, 0.3) is 0 Å². The zero-order chi connectivity index (χ0) is 17.4. The predicted molar refractivity (Wildman–Crippen MR) is 87.6 cm³/mol. The topological polar surface area (TPSA) is 83.1 Å². The summed E-state index contributed by atoms with van der Waals surface area (Å²) in [6.07, 6.45) is -0.819. The second-order valence-corrected chi connectivity index (χ2v) is 5.66. The van der Waals surface area contributed by atoms with Crippen LogP contribution < -0.4 is 24.3 Å². The van der Waals surface area contributed by atoms with E-state index >= 15 is 0 Å². The zero-order valence-electron chi connectivity index (χ0n) is 13.4. The molecule has 0 bridgehead atoms. The van der Waals surface area contributed by atoms with Gasteiger partial charge in [-0.15, -0.1) is 0 Å². The van der Waals surface area contributed by atoms with Crippen molar-refractivity contribution in [1.82, 2.24) is 0 Å². The molecule has 0 radical (unpaired) electrons. The van der Waals surface area contributed by atoms with E-state index < -0.39 is 12.0 Å². The molecule has 0 aromatic heterocycles. The van der Waals surface area contributed by atoms with Crippen LogP contribution >= 0.6 is 0 Å². The highest BCUT2D eigenvalue weighted by Gasteiger charge is 2.29. The average Bonchev–Trinajstić information content (AvgIpc) is 3.07. The maximum atomic E-state index is 12.6. The van der Waals surface area contributed by atoms with Crippen molar-refractivity contribution in [2.45, 2.75) is 13.0 Å². The molecule has 2 aromatic carbocycles. The number of rotatable bonds is 3. The third kappa shape index (κ3) is 2.84. The van der Waals surface area contributed by atoms with E-state index in [1.807, 2.05) is 6.07 Å². The van der Waals surface area contributed by atoms with Crippen LogP contribution in [0.4, 0.5) is 5.69 Å². The summed E-state index contributed by atoms with van der Waals surface area (Å²) in [5.74, 6) is 1.46. The van der Waals surface area contributed by atoms with Crippen LogP contribution in [0.2, 0.25) is 0 Å². The van der Waals surface area contributed by atoms with E-state index in [0.717, 1.165) is 0 Å². The summed E-state index contributed by atoms with van der Waals surface area (Å²) in [4.78, 5) is 24.4. The van der Waals surface area contributed by atoms with Crippen LogP contribution in [0.15, 0.2) is 36.4 Å². The summed E-state index contributed by atoms with van der Waals surface area (Å²) in [6, 6.07) is 10.3. The fourth-order valence-electron chi connectivity index (χ4n) is 2.70. The predicted octanol–water partition coefficient (Wildman–Crippen LogP) is 2.40. The number of ether oxygens (including phenoxy) is 4. The van der Waals surface area contributed by atoms with Crippen LogP contribution in [0.3, 0.4) is 0 Å². The largest absolute Gasteiger partial charge is 0.485 e. The lowest BCUT2D eigenvalue weighted by Gasteiger charge is -2.25. The first-order valence-corrected chi connectivity index (χ1v) is 7.76. The van der Waals surface area contributed by atoms with Gasteiger partial charge in [-0.1, -0.05) is 12.1 Å². The molecule has 0 aliphatic carbocycles. The Bertz CT molecular complexity index is 863. The third-order valence-electron chi connectivity index (χ3n) is 3.95. The van der Waals surface area contributed by atoms with E-state index in [1.165, 1.54) is 6.92 Å². The molecule has 0 spiro atoms. The minimum absolute atomic E-state index is 0.0838. The van der Waals surface area contributed by atoms with Crippen molar-refractivity contribution in [2.24, 2.45) is 0 Å². The Labute approximate surface area is 143 Å².